The van der Waals surface area contributed by atoms with Crippen LogP contribution in [-0.4, -0.2) is 58.9 Å². The van der Waals surface area contributed by atoms with E-state index in [0.717, 1.165) is 0 Å². The fraction of sp³-hybridized carbons (Fsp3) is 0.588. The first-order chi connectivity index (χ1) is 11.8. The number of aromatic nitrogens is 1. The fourth-order valence-electron chi connectivity index (χ4n) is 3.71. The number of amides is 3. The number of carbonyl (C=O) groups is 2. The number of imide groups is 1. The molecule has 2 aliphatic rings. The van der Waals surface area contributed by atoms with Gasteiger partial charge in [-0.2, -0.15) is 0 Å². The Hall–Kier alpha value is -1.89. The maximum Gasteiger partial charge on any atom is 0.327 e. The predicted octanol–water partition coefficient (Wildman–Crippen LogP) is 2.76. The van der Waals surface area contributed by atoms with E-state index in [1.54, 1.807) is 9.80 Å². The number of rotatable bonds is 3. The van der Waals surface area contributed by atoms with Crippen LogP contribution in [0.5, 0.6) is 0 Å². The van der Waals surface area contributed by atoms with Crippen molar-refractivity contribution < 1.29 is 14.0 Å². The van der Waals surface area contributed by atoms with Crippen LogP contribution in [0.15, 0.2) is 12.3 Å². The highest BCUT2D eigenvalue weighted by Gasteiger charge is 2.56. The number of piperidine rings is 1. The summed E-state index contributed by atoms with van der Waals surface area (Å²) < 4.78 is 14.1. The normalized spacial score (nSPS) is 20.3. The van der Waals surface area contributed by atoms with Crippen molar-refractivity contribution >= 4 is 29.4 Å². The van der Waals surface area contributed by atoms with Gasteiger partial charge in [0.25, 0.3) is 5.91 Å². The van der Waals surface area contributed by atoms with Crippen molar-refractivity contribution in [2.75, 3.05) is 31.6 Å². The first kappa shape index (κ1) is 17.9. The van der Waals surface area contributed by atoms with Gasteiger partial charge in [0.2, 0.25) is 0 Å². The third kappa shape index (κ3) is 2.94. The smallest absolute Gasteiger partial charge is 0.327 e. The molecule has 1 aromatic rings. The van der Waals surface area contributed by atoms with Crippen molar-refractivity contribution in [1.29, 1.82) is 0 Å². The topological polar surface area (TPSA) is 56.8 Å². The maximum absolute atomic E-state index is 14.1. The van der Waals surface area contributed by atoms with Crippen molar-refractivity contribution in [1.82, 2.24) is 14.8 Å². The minimum Gasteiger partial charge on any atom is -0.354 e. The van der Waals surface area contributed by atoms with Crippen molar-refractivity contribution in [3.05, 3.63) is 23.1 Å². The second-order valence-corrected chi connectivity index (χ2v) is 7.57. The van der Waals surface area contributed by atoms with Gasteiger partial charge in [0.1, 0.15) is 5.54 Å². The number of anilines is 1. The summed E-state index contributed by atoms with van der Waals surface area (Å²) in [6, 6.07) is 0.986. The molecule has 25 heavy (non-hydrogen) atoms. The summed E-state index contributed by atoms with van der Waals surface area (Å²) in [5.41, 5.74) is -0.824. The van der Waals surface area contributed by atoms with Gasteiger partial charge in [0.05, 0.1) is 5.02 Å². The summed E-state index contributed by atoms with van der Waals surface area (Å²) >= 11 is 5.76. The van der Waals surface area contributed by atoms with Crippen molar-refractivity contribution in [3.8, 4) is 0 Å². The van der Waals surface area contributed by atoms with Gasteiger partial charge in [-0.15, -0.1) is 0 Å². The highest BCUT2D eigenvalue weighted by Crippen LogP contribution is 2.38. The molecule has 1 aromatic heterocycles. The van der Waals surface area contributed by atoms with E-state index in [-0.39, 0.29) is 28.7 Å². The van der Waals surface area contributed by atoms with Crippen LogP contribution >= 0.6 is 11.6 Å². The van der Waals surface area contributed by atoms with Gasteiger partial charge in [-0.1, -0.05) is 25.4 Å². The largest absolute Gasteiger partial charge is 0.354 e. The zero-order valence-corrected chi connectivity index (χ0v) is 15.4. The average molecular weight is 369 g/mol. The van der Waals surface area contributed by atoms with Crippen LogP contribution < -0.4 is 4.90 Å². The van der Waals surface area contributed by atoms with E-state index < -0.39 is 11.4 Å². The molecular formula is C17H22ClFN4O2. The zero-order valence-electron chi connectivity index (χ0n) is 14.6. The Kier molecular flexibility index (Phi) is 4.62. The Morgan fingerprint density at radius 1 is 1.32 bits per heavy atom. The third-order valence-corrected chi connectivity index (χ3v) is 5.17. The Morgan fingerprint density at radius 3 is 2.52 bits per heavy atom. The fourth-order valence-corrected chi connectivity index (χ4v) is 3.85. The van der Waals surface area contributed by atoms with Crippen LogP contribution in [0.4, 0.5) is 15.0 Å². The van der Waals surface area contributed by atoms with E-state index >= 15 is 0 Å². The van der Waals surface area contributed by atoms with Gasteiger partial charge >= 0.3 is 6.03 Å². The molecule has 0 aliphatic carbocycles. The quantitative estimate of drug-likeness (QED) is 0.770. The van der Waals surface area contributed by atoms with Crippen LogP contribution in [0, 0.1) is 11.7 Å². The van der Waals surface area contributed by atoms with Crippen LogP contribution in [-0.2, 0) is 4.79 Å². The van der Waals surface area contributed by atoms with Crippen LogP contribution in [0.1, 0.15) is 26.7 Å². The van der Waals surface area contributed by atoms with E-state index in [9.17, 15) is 14.0 Å². The molecule has 0 radical (unpaired) electrons. The molecule has 2 aliphatic heterocycles. The molecule has 3 rings (SSSR count). The number of pyridine rings is 1. The third-order valence-electron chi connectivity index (χ3n) is 4.96. The average Bonchev–Trinajstić information content (AvgIpc) is 2.72. The number of carbonyl (C=O) groups excluding carboxylic acids is 2. The van der Waals surface area contributed by atoms with Gasteiger partial charge in [0, 0.05) is 32.9 Å². The molecule has 0 aromatic carbocycles. The lowest BCUT2D eigenvalue weighted by Gasteiger charge is -2.43. The monoisotopic (exact) mass is 368 g/mol. The molecule has 136 valence electrons. The molecule has 0 saturated carbocycles. The number of nitrogens with zero attached hydrogens (tertiary/aromatic N) is 4. The number of hydrogen-bond acceptors (Lipinski definition) is 4. The number of halogens is 2. The summed E-state index contributed by atoms with van der Waals surface area (Å²) in [7, 11) is 1.53. The van der Waals surface area contributed by atoms with E-state index in [2.05, 4.69) is 4.98 Å². The van der Waals surface area contributed by atoms with Crippen molar-refractivity contribution in [2.45, 2.75) is 32.2 Å². The SMILES string of the molecule is CC(C)CN1C(=O)N(C)C(=O)C12CCN(c1ncc(Cl)cc1F)CC2. The zero-order chi connectivity index (χ0) is 18.4. The predicted molar refractivity (Wildman–Crippen MR) is 93.1 cm³/mol. The Bertz CT molecular complexity index is 704. The molecule has 3 heterocycles. The van der Waals surface area contributed by atoms with E-state index in [1.807, 2.05) is 13.8 Å². The summed E-state index contributed by atoms with van der Waals surface area (Å²) in [5, 5.41) is 0.246. The molecule has 1 spiro atoms. The lowest BCUT2D eigenvalue weighted by molar-refractivity contribution is -0.133. The van der Waals surface area contributed by atoms with Crippen LogP contribution in [0.3, 0.4) is 0 Å². The highest BCUT2D eigenvalue weighted by atomic mass is 35.5. The standard InChI is InChI=1S/C17H22ClFN4O2/c1-11(2)10-23-16(25)21(3)15(24)17(23)4-6-22(7-5-17)14-13(19)8-12(18)9-20-14/h8-9,11H,4-7,10H2,1-3H3. The van der Waals surface area contributed by atoms with Gasteiger partial charge in [-0.3, -0.25) is 9.69 Å². The first-order valence-electron chi connectivity index (χ1n) is 8.42. The van der Waals surface area contributed by atoms with Crippen molar-refractivity contribution in [3.63, 3.8) is 0 Å². The number of likely N-dealkylation sites (N-methyl/N-ethyl adjacent to an activating group) is 1. The van der Waals surface area contributed by atoms with Crippen LogP contribution in [0.2, 0.25) is 5.02 Å². The highest BCUT2D eigenvalue weighted by molar-refractivity contribution is 6.30. The summed E-state index contributed by atoms with van der Waals surface area (Å²) in [6.07, 6.45) is 2.32. The van der Waals surface area contributed by atoms with E-state index in [4.69, 9.17) is 11.6 Å². The van der Waals surface area contributed by atoms with Gasteiger partial charge in [-0.05, 0) is 24.8 Å². The minimum absolute atomic E-state index is 0.165. The van der Waals surface area contributed by atoms with Gasteiger partial charge in [-0.25, -0.2) is 14.2 Å². The van der Waals surface area contributed by atoms with Gasteiger partial charge < -0.3 is 9.80 Å². The van der Waals surface area contributed by atoms with Gasteiger partial charge in [0.15, 0.2) is 11.6 Å². The van der Waals surface area contributed by atoms with Crippen LogP contribution in [0.25, 0.3) is 0 Å². The molecule has 2 fully saturated rings. The minimum atomic E-state index is -0.824. The Labute approximate surface area is 151 Å². The summed E-state index contributed by atoms with van der Waals surface area (Å²) in [4.78, 5) is 34.1. The summed E-state index contributed by atoms with van der Waals surface area (Å²) in [5.74, 6) is -0.149. The lowest BCUT2D eigenvalue weighted by Crippen LogP contribution is -2.57. The first-order valence-corrected chi connectivity index (χ1v) is 8.80. The molecule has 0 atom stereocenters. The molecule has 0 bridgehead atoms. The molecule has 6 nitrogen and oxygen atoms in total. The second-order valence-electron chi connectivity index (χ2n) is 7.13. The molecular weight excluding hydrogens is 347 g/mol. The molecule has 2 saturated heterocycles. The molecule has 0 N–H and O–H groups in total. The lowest BCUT2D eigenvalue weighted by atomic mass is 9.85. The number of hydrogen-bond donors (Lipinski definition) is 0. The molecule has 3 amide bonds. The Morgan fingerprint density at radius 2 is 1.96 bits per heavy atom. The molecule has 8 heteroatoms. The number of urea groups is 1. The van der Waals surface area contributed by atoms with E-state index in [1.165, 1.54) is 24.2 Å². The Balaban J connectivity index is 1.83. The van der Waals surface area contributed by atoms with E-state index in [0.29, 0.717) is 32.5 Å². The van der Waals surface area contributed by atoms with Crippen molar-refractivity contribution in [2.24, 2.45) is 5.92 Å². The second kappa shape index (κ2) is 6.44. The maximum atomic E-state index is 14.1. The molecule has 0 unspecified atom stereocenters. The summed E-state index contributed by atoms with van der Waals surface area (Å²) in [6.45, 7) is 5.47.